The smallest absolute Gasteiger partial charge is 0.275 e. The van der Waals surface area contributed by atoms with Crippen LogP contribution in [0.4, 0.5) is 0 Å². The molecular formula is C18H16N4O4. The van der Waals surface area contributed by atoms with Gasteiger partial charge in [0.2, 0.25) is 0 Å². The molecule has 0 aliphatic carbocycles. The predicted octanol–water partition coefficient (Wildman–Crippen LogP) is 2.26. The van der Waals surface area contributed by atoms with E-state index in [1.807, 2.05) is 24.3 Å². The van der Waals surface area contributed by atoms with Crippen molar-refractivity contribution >= 4 is 12.1 Å². The Labute approximate surface area is 148 Å². The molecular weight excluding hydrogens is 336 g/mol. The lowest BCUT2D eigenvalue weighted by molar-refractivity contribution is 0.0952. The van der Waals surface area contributed by atoms with Gasteiger partial charge in [-0.05, 0) is 42.5 Å². The van der Waals surface area contributed by atoms with Gasteiger partial charge in [-0.3, -0.25) is 9.89 Å². The molecule has 0 bridgehead atoms. The highest BCUT2D eigenvalue weighted by Gasteiger charge is 2.11. The first-order chi connectivity index (χ1) is 12.6. The van der Waals surface area contributed by atoms with Crippen molar-refractivity contribution in [3.05, 3.63) is 59.8 Å². The van der Waals surface area contributed by atoms with Gasteiger partial charge in [-0.15, -0.1) is 0 Å². The van der Waals surface area contributed by atoms with Gasteiger partial charge in [-0.2, -0.15) is 10.2 Å². The molecule has 1 heterocycles. The van der Waals surface area contributed by atoms with Crippen molar-refractivity contribution in [3.63, 3.8) is 0 Å². The van der Waals surface area contributed by atoms with E-state index in [1.54, 1.807) is 13.3 Å². The molecule has 0 unspecified atom stereocenters. The number of carbonyl (C=O) groups excluding carboxylic acids is 1. The molecule has 0 aliphatic heterocycles. The van der Waals surface area contributed by atoms with Crippen molar-refractivity contribution < 1.29 is 19.7 Å². The van der Waals surface area contributed by atoms with E-state index in [1.165, 1.54) is 18.3 Å². The second-order valence-electron chi connectivity index (χ2n) is 5.33. The molecule has 3 aromatic rings. The summed E-state index contributed by atoms with van der Waals surface area (Å²) in [6.07, 6.45) is 3.00. The van der Waals surface area contributed by atoms with E-state index in [4.69, 9.17) is 4.74 Å². The Hall–Kier alpha value is -3.81. The van der Waals surface area contributed by atoms with Crippen molar-refractivity contribution in [1.29, 1.82) is 0 Å². The van der Waals surface area contributed by atoms with Gasteiger partial charge in [0, 0.05) is 11.1 Å². The van der Waals surface area contributed by atoms with E-state index in [9.17, 15) is 15.0 Å². The number of ether oxygens (including phenoxy) is 1. The van der Waals surface area contributed by atoms with Gasteiger partial charge in [0.1, 0.15) is 17.2 Å². The van der Waals surface area contributed by atoms with Gasteiger partial charge in [0.15, 0.2) is 0 Å². The molecule has 1 aromatic heterocycles. The van der Waals surface area contributed by atoms with Crippen LogP contribution in [0.15, 0.2) is 53.8 Å². The molecule has 3 rings (SSSR count). The van der Waals surface area contributed by atoms with E-state index >= 15 is 0 Å². The van der Waals surface area contributed by atoms with Crippen LogP contribution < -0.4 is 10.2 Å². The quantitative estimate of drug-likeness (QED) is 0.319. The summed E-state index contributed by atoms with van der Waals surface area (Å²) < 4.78 is 5.13. The van der Waals surface area contributed by atoms with Crippen LogP contribution in [0.3, 0.4) is 0 Å². The maximum absolute atomic E-state index is 12.0. The van der Waals surface area contributed by atoms with Crippen LogP contribution in [0.5, 0.6) is 17.2 Å². The minimum absolute atomic E-state index is 0.0790. The lowest BCUT2D eigenvalue weighted by Gasteiger charge is -2.04. The van der Waals surface area contributed by atoms with Gasteiger partial charge < -0.3 is 14.9 Å². The zero-order valence-corrected chi connectivity index (χ0v) is 13.8. The molecule has 0 aliphatic rings. The first kappa shape index (κ1) is 17.0. The number of hydrazone groups is 1. The second kappa shape index (κ2) is 7.39. The first-order valence-electron chi connectivity index (χ1n) is 7.61. The molecule has 8 heteroatoms. The monoisotopic (exact) mass is 352 g/mol. The number of phenols is 2. The van der Waals surface area contributed by atoms with Crippen LogP contribution >= 0.6 is 0 Å². The van der Waals surface area contributed by atoms with Crippen LogP contribution in [0.1, 0.15) is 15.9 Å². The number of hydrogen-bond donors (Lipinski definition) is 4. The molecule has 0 saturated carbocycles. The fraction of sp³-hybridized carbons (Fsp3) is 0.0556. The number of carbonyl (C=O) groups is 1. The zero-order chi connectivity index (χ0) is 18.5. The van der Waals surface area contributed by atoms with Crippen LogP contribution in [-0.4, -0.2) is 39.6 Å². The maximum atomic E-state index is 12.0. The molecule has 4 N–H and O–H groups in total. The Balaban J connectivity index is 1.74. The highest BCUT2D eigenvalue weighted by molar-refractivity contribution is 5.98. The summed E-state index contributed by atoms with van der Waals surface area (Å²) >= 11 is 0. The second-order valence-corrected chi connectivity index (χ2v) is 5.33. The highest BCUT2D eigenvalue weighted by atomic mass is 16.5. The Morgan fingerprint density at radius 2 is 2.00 bits per heavy atom. The van der Waals surface area contributed by atoms with E-state index in [0.29, 0.717) is 5.56 Å². The van der Waals surface area contributed by atoms with Crippen LogP contribution in [0, 0.1) is 0 Å². The SMILES string of the molecule is COc1ccc(-c2[nH]ncc2/C=N/NC(=O)c2cc(O)ccc2O)cc1. The highest BCUT2D eigenvalue weighted by Crippen LogP contribution is 2.23. The van der Waals surface area contributed by atoms with E-state index in [-0.39, 0.29) is 17.1 Å². The molecule has 0 radical (unpaired) electrons. The number of H-pyrrole nitrogens is 1. The maximum Gasteiger partial charge on any atom is 0.275 e. The topological polar surface area (TPSA) is 120 Å². The number of rotatable bonds is 5. The van der Waals surface area contributed by atoms with Gasteiger partial charge in [0.05, 0.1) is 30.8 Å². The van der Waals surface area contributed by atoms with Gasteiger partial charge >= 0.3 is 0 Å². The minimum Gasteiger partial charge on any atom is -0.508 e. The zero-order valence-electron chi connectivity index (χ0n) is 13.8. The predicted molar refractivity (Wildman–Crippen MR) is 95.4 cm³/mol. The molecule has 0 spiro atoms. The van der Waals surface area contributed by atoms with Gasteiger partial charge in [0.25, 0.3) is 5.91 Å². The average molecular weight is 352 g/mol. The van der Waals surface area contributed by atoms with Crippen molar-refractivity contribution in [3.8, 4) is 28.5 Å². The van der Waals surface area contributed by atoms with Crippen molar-refractivity contribution in [2.75, 3.05) is 7.11 Å². The van der Waals surface area contributed by atoms with Gasteiger partial charge in [-0.25, -0.2) is 5.43 Å². The number of amides is 1. The third kappa shape index (κ3) is 3.64. The van der Waals surface area contributed by atoms with Gasteiger partial charge in [-0.1, -0.05) is 0 Å². The number of phenolic OH excluding ortho intramolecular Hbond substituents is 2. The van der Waals surface area contributed by atoms with E-state index < -0.39 is 5.91 Å². The Kier molecular flexibility index (Phi) is 4.84. The molecule has 26 heavy (non-hydrogen) atoms. The lowest BCUT2D eigenvalue weighted by Crippen LogP contribution is -2.17. The largest absolute Gasteiger partial charge is 0.508 e. The Bertz CT molecular complexity index is 948. The summed E-state index contributed by atoms with van der Waals surface area (Å²) in [6.45, 7) is 0. The minimum atomic E-state index is -0.649. The Morgan fingerprint density at radius 1 is 1.23 bits per heavy atom. The summed E-state index contributed by atoms with van der Waals surface area (Å²) in [5.74, 6) is -0.294. The normalized spacial score (nSPS) is 10.8. The van der Waals surface area contributed by atoms with Crippen molar-refractivity contribution in [2.24, 2.45) is 5.10 Å². The van der Waals surface area contributed by atoms with Crippen LogP contribution in [0.25, 0.3) is 11.3 Å². The van der Waals surface area contributed by atoms with E-state index in [2.05, 4.69) is 20.7 Å². The fourth-order valence-electron chi connectivity index (χ4n) is 2.31. The van der Waals surface area contributed by atoms with Crippen LogP contribution in [-0.2, 0) is 0 Å². The summed E-state index contributed by atoms with van der Waals surface area (Å²) in [4.78, 5) is 12.0. The summed E-state index contributed by atoms with van der Waals surface area (Å²) in [5.41, 5.74) is 4.49. The van der Waals surface area contributed by atoms with Crippen LogP contribution in [0.2, 0.25) is 0 Å². The molecule has 1 amide bonds. The number of nitrogens with one attached hydrogen (secondary N) is 2. The molecule has 2 aromatic carbocycles. The number of aromatic amines is 1. The Morgan fingerprint density at radius 3 is 2.73 bits per heavy atom. The standard InChI is InChI=1S/C18H16N4O4/c1-26-14-5-2-11(3-6-14)17-12(9-19-21-17)10-20-22-18(25)15-8-13(23)4-7-16(15)24/h2-10,23-24H,1H3,(H,19,21)(H,22,25)/b20-10+. The third-order valence-corrected chi connectivity index (χ3v) is 3.64. The number of aromatic hydroxyl groups is 2. The average Bonchev–Trinajstić information content (AvgIpc) is 3.12. The summed E-state index contributed by atoms with van der Waals surface area (Å²) in [6, 6.07) is 11.0. The third-order valence-electron chi connectivity index (χ3n) is 3.64. The van der Waals surface area contributed by atoms with Crippen molar-refractivity contribution in [1.82, 2.24) is 15.6 Å². The number of benzene rings is 2. The molecule has 0 saturated heterocycles. The molecule has 8 nitrogen and oxygen atoms in total. The molecule has 132 valence electrons. The number of hydrogen-bond acceptors (Lipinski definition) is 6. The number of methoxy groups -OCH3 is 1. The first-order valence-corrected chi connectivity index (χ1v) is 7.61. The molecule has 0 atom stereocenters. The molecule has 0 fully saturated rings. The number of nitrogens with zero attached hydrogens (tertiary/aromatic N) is 2. The number of aromatic nitrogens is 2. The fourth-order valence-corrected chi connectivity index (χ4v) is 2.31. The summed E-state index contributed by atoms with van der Waals surface area (Å²) in [5, 5.41) is 29.8. The van der Waals surface area contributed by atoms with E-state index in [0.717, 1.165) is 23.1 Å². The lowest BCUT2D eigenvalue weighted by atomic mass is 10.1. The van der Waals surface area contributed by atoms with Crippen molar-refractivity contribution in [2.45, 2.75) is 0 Å². The summed E-state index contributed by atoms with van der Waals surface area (Å²) in [7, 11) is 1.59.